The van der Waals surface area contributed by atoms with E-state index in [4.69, 9.17) is 5.73 Å². The van der Waals surface area contributed by atoms with Gasteiger partial charge in [-0.05, 0) is 12.5 Å². The van der Waals surface area contributed by atoms with Crippen LogP contribution in [0.2, 0.25) is 0 Å². The summed E-state index contributed by atoms with van der Waals surface area (Å²) in [6.45, 7) is 3.44. The van der Waals surface area contributed by atoms with Crippen molar-refractivity contribution in [3.63, 3.8) is 0 Å². The summed E-state index contributed by atoms with van der Waals surface area (Å²) in [7, 11) is 0. The summed E-state index contributed by atoms with van der Waals surface area (Å²) in [5, 5.41) is 0. The predicted octanol–water partition coefficient (Wildman–Crippen LogP) is 0.633. The van der Waals surface area contributed by atoms with Gasteiger partial charge in [-0.15, -0.1) is 0 Å². The van der Waals surface area contributed by atoms with E-state index in [0.29, 0.717) is 11.9 Å². The third-order valence-corrected chi connectivity index (χ3v) is 0.416. The summed E-state index contributed by atoms with van der Waals surface area (Å²) in [4.78, 5) is 0. The van der Waals surface area contributed by atoms with Crippen LogP contribution in [0, 0.1) is 6.92 Å². The predicted molar refractivity (Wildman–Crippen MR) is 23.6 cm³/mol. The van der Waals surface area contributed by atoms with Gasteiger partial charge < -0.3 is 5.73 Å². The Morgan fingerprint density at radius 3 is 2.50 bits per heavy atom. The lowest BCUT2D eigenvalue weighted by Gasteiger charge is -1.82. The fraction of sp³-hybridized carbons (Fsp3) is 0.250. The molecule has 0 aromatic rings. The Labute approximate surface area is 36.6 Å². The minimum atomic E-state index is 0.205. The maximum Gasteiger partial charge on any atom is 0.0871 e. The van der Waals surface area contributed by atoms with Crippen molar-refractivity contribution in [2.75, 3.05) is 6.54 Å². The molecule has 0 aromatic carbocycles. The molecule has 0 aliphatic rings. The van der Waals surface area contributed by atoms with Crippen LogP contribution in [0.3, 0.4) is 0 Å². The van der Waals surface area contributed by atoms with Gasteiger partial charge in [-0.1, -0.05) is 0 Å². The third kappa shape index (κ3) is 1.91. The van der Waals surface area contributed by atoms with Crippen LogP contribution in [-0.2, 0) is 0 Å². The quantitative estimate of drug-likeness (QED) is 0.500. The largest absolute Gasteiger partial charge is 0.327 e. The van der Waals surface area contributed by atoms with Crippen LogP contribution in [0.25, 0.3) is 0 Å². The maximum atomic E-state index is 11.1. The van der Waals surface area contributed by atoms with Crippen molar-refractivity contribution in [1.29, 1.82) is 0 Å². The highest BCUT2D eigenvalue weighted by Crippen LogP contribution is 1.84. The molecule has 0 aromatic heterocycles. The smallest absolute Gasteiger partial charge is 0.0871 e. The monoisotopic (exact) mass is 88.1 g/mol. The highest BCUT2D eigenvalue weighted by Gasteiger charge is 1.76. The van der Waals surface area contributed by atoms with E-state index >= 15 is 0 Å². The highest BCUT2D eigenvalue weighted by atomic mass is 19.1. The lowest BCUT2D eigenvalue weighted by Crippen LogP contribution is -1.98. The molecule has 2 heteroatoms. The van der Waals surface area contributed by atoms with Crippen LogP contribution < -0.4 is 5.73 Å². The first-order chi connectivity index (χ1) is 2.81. The van der Waals surface area contributed by atoms with Gasteiger partial charge in [0.2, 0.25) is 0 Å². The topological polar surface area (TPSA) is 26.0 Å². The first kappa shape index (κ1) is 5.63. The van der Waals surface area contributed by atoms with Crippen molar-refractivity contribution in [1.82, 2.24) is 0 Å². The highest BCUT2D eigenvalue weighted by molar-refractivity contribution is 5.01. The number of hydrogen-bond donors (Lipinski definition) is 1. The van der Waals surface area contributed by atoms with Gasteiger partial charge in [0.25, 0.3) is 0 Å². The second kappa shape index (κ2) is 2.85. The van der Waals surface area contributed by atoms with Gasteiger partial charge in [-0.25, -0.2) is 4.39 Å². The average Bonchev–Trinajstić information content (AvgIpc) is 1.65. The van der Waals surface area contributed by atoms with Crippen LogP contribution in [0.4, 0.5) is 4.39 Å². The summed E-state index contributed by atoms with van der Waals surface area (Å²) in [6, 6.07) is 0. The number of nitrogens with two attached hydrogens (primary N) is 1. The van der Waals surface area contributed by atoms with Gasteiger partial charge in [-0.2, -0.15) is 0 Å². The molecule has 1 nitrogen and oxygen atoms in total. The first-order valence-electron chi connectivity index (χ1n) is 1.62. The van der Waals surface area contributed by atoms with Crippen LogP contribution in [-0.4, -0.2) is 6.54 Å². The van der Waals surface area contributed by atoms with Crippen molar-refractivity contribution in [3.05, 3.63) is 18.8 Å². The average molecular weight is 88.1 g/mol. The van der Waals surface area contributed by atoms with Crippen LogP contribution in [0.5, 0.6) is 0 Å². The standard InChI is InChI=1S/C4H7FN/c1-4(2-5)3-6/h2H,1,3,6H2. The summed E-state index contributed by atoms with van der Waals surface area (Å²) in [5.74, 6) is 0. The zero-order chi connectivity index (χ0) is 4.99. The van der Waals surface area contributed by atoms with Crippen molar-refractivity contribution in [2.45, 2.75) is 0 Å². The van der Waals surface area contributed by atoms with Crippen molar-refractivity contribution in [3.8, 4) is 0 Å². The maximum absolute atomic E-state index is 11.1. The molecule has 0 saturated carbocycles. The number of hydrogen-bond acceptors (Lipinski definition) is 1. The second-order valence-electron chi connectivity index (χ2n) is 0.971. The Bertz CT molecular complexity index is 58.6. The van der Waals surface area contributed by atoms with E-state index in [1.54, 1.807) is 0 Å². The van der Waals surface area contributed by atoms with E-state index < -0.39 is 0 Å². The SMILES string of the molecule is [CH2]C(=CF)CN. The van der Waals surface area contributed by atoms with Gasteiger partial charge in [0, 0.05) is 6.54 Å². The van der Waals surface area contributed by atoms with E-state index in [2.05, 4.69) is 6.92 Å². The molecule has 0 amide bonds. The molecule has 6 heavy (non-hydrogen) atoms. The third-order valence-electron chi connectivity index (χ3n) is 0.416. The normalized spacial score (nSPS) is 12.2. The summed E-state index contributed by atoms with van der Waals surface area (Å²) >= 11 is 0. The Morgan fingerprint density at radius 2 is 2.50 bits per heavy atom. The molecule has 0 rings (SSSR count). The van der Waals surface area contributed by atoms with Gasteiger partial charge in [0.15, 0.2) is 0 Å². The fourth-order valence-corrected chi connectivity index (χ4v) is 0.0445. The van der Waals surface area contributed by atoms with E-state index in [1.807, 2.05) is 0 Å². The summed E-state index contributed by atoms with van der Waals surface area (Å²) < 4.78 is 11.1. The lowest BCUT2D eigenvalue weighted by molar-refractivity contribution is 0.710. The Hall–Kier alpha value is -0.370. The van der Waals surface area contributed by atoms with Gasteiger partial charge in [0.05, 0.1) is 6.33 Å². The fourth-order valence-electron chi connectivity index (χ4n) is 0.0445. The Balaban J connectivity index is 3.22. The van der Waals surface area contributed by atoms with Crippen molar-refractivity contribution >= 4 is 0 Å². The Morgan fingerprint density at radius 1 is 2.00 bits per heavy atom. The molecule has 0 aliphatic heterocycles. The van der Waals surface area contributed by atoms with E-state index in [0.717, 1.165) is 0 Å². The van der Waals surface area contributed by atoms with Crippen molar-refractivity contribution in [2.24, 2.45) is 5.73 Å². The molecule has 2 N–H and O–H groups in total. The molecule has 0 saturated heterocycles. The number of rotatable bonds is 1. The first-order valence-corrected chi connectivity index (χ1v) is 1.62. The number of halogens is 1. The van der Waals surface area contributed by atoms with Gasteiger partial charge >= 0.3 is 0 Å². The molecular formula is C4H7FN. The minimum Gasteiger partial charge on any atom is -0.327 e. The molecular weight excluding hydrogens is 81.0 g/mol. The van der Waals surface area contributed by atoms with Gasteiger partial charge in [-0.3, -0.25) is 0 Å². The zero-order valence-corrected chi connectivity index (χ0v) is 3.45. The minimum absolute atomic E-state index is 0.205. The molecule has 0 aliphatic carbocycles. The van der Waals surface area contributed by atoms with E-state index in [1.165, 1.54) is 0 Å². The molecule has 0 fully saturated rings. The zero-order valence-electron chi connectivity index (χ0n) is 3.45. The molecule has 0 bridgehead atoms. The second-order valence-corrected chi connectivity index (χ2v) is 0.971. The molecule has 35 valence electrons. The van der Waals surface area contributed by atoms with Crippen molar-refractivity contribution < 1.29 is 4.39 Å². The molecule has 0 heterocycles. The summed E-state index contributed by atoms with van der Waals surface area (Å²) in [6.07, 6.45) is 0.403. The van der Waals surface area contributed by atoms with Crippen LogP contribution >= 0.6 is 0 Å². The van der Waals surface area contributed by atoms with Crippen LogP contribution in [0.15, 0.2) is 11.9 Å². The Kier molecular flexibility index (Phi) is 2.67. The molecule has 1 radical (unpaired) electrons. The molecule has 0 spiro atoms. The lowest BCUT2D eigenvalue weighted by atomic mass is 10.4. The van der Waals surface area contributed by atoms with Gasteiger partial charge in [0.1, 0.15) is 0 Å². The van der Waals surface area contributed by atoms with E-state index in [-0.39, 0.29) is 6.54 Å². The van der Waals surface area contributed by atoms with Crippen LogP contribution in [0.1, 0.15) is 0 Å². The molecule has 0 atom stereocenters. The molecule has 0 unspecified atom stereocenters. The van der Waals surface area contributed by atoms with E-state index in [9.17, 15) is 4.39 Å². The summed E-state index contributed by atoms with van der Waals surface area (Å²) in [5.41, 5.74) is 5.24.